The van der Waals surface area contributed by atoms with Gasteiger partial charge in [0.05, 0.1) is 24.0 Å². The Hall–Kier alpha value is -0.770. The molecule has 2 unspecified atom stereocenters. The van der Waals surface area contributed by atoms with Crippen LogP contribution >= 0.6 is 0 Å². The summed E-state index contributed by atoms with van der Waals surface area (Å²) in [4.78, 5) is 0. The van der Waals surface area contributed by atoms with E-state index in [2.05, 4.69) is 0 Å². The lowest BCUT2D eigenvalue weighted by Gasteiger charge is -2.40. The van der Waals surface area contributed by atoms with Crippen LogP contribution in [0.25, 0.3) is 0 Å². The van der Waals surface area contributed by atoms with E-state index < -0.39 is 20.2 Å². The highest BCUT2D eigenvalue weighted by Crippen LogP contribution is 2.20. The van der Waals surface area contributed by atoms with E-state index in [-0.39, 0.29) is 44.1 Å². The lowest BCUT2D eigenvalue weighted by molar-refractivity contribution is -0.0456. The number of hydrogen-bond acceptors (Lipinski definition) is 6. The average Bonchev–Trinajstić information content (AvgIpc) is 2.58. The topological polar surface area (TPSA) is 111 Å². The number of piperazine rings is 1. The van der Waals surface area contributed by atoms with Gasteiger partial charge in [0.1, 0.15) is 0 Å². The molecule has 2 heterocycles. The molecule has 0 spiro atoms. The van der Waals surface area contributed by atoms with Crippen LogP contribution in [0.4, 0.5) is 0 Å². The van der Waals surface area contributed by atoms with Gasteiger partial charge in [0, 0.05) is 45.7 Å². The molecule has 0 aromatic heterocycles. The number of rotatable bonds is 7. The lowest BCUT2D eigenvalue weighted by atomic mass is 10.3. The van der Waals surface area contributed by atoms with Crippen molar-refractivity contribution >= 4 is 20.2 Å². The molecule has 150 valence electrons. The minimum atomic E-state index is -3.61. The van der Waals surface area contributed by atoms with Crippen molar-refractivity contribution in [3.05, 3.63) is 0 Å². The molecule has 0 aromatic carbocycles. The normalized spacial score (nSPS) is 27.3. The largest absolute Gasteiger partial charge is 0.373 e. The molecular weight excluding hydrogens is 380 g/mol. The first-order chi connectivity index (χ1) is 12.2. The summed E-state index contributed by atoms with van der Waals surface area (Å²) in [5, 5.41) is 8.51. The zero-order valence-electron chi connectivity index (χ0n) is 15.4. The highest BCUT2D eigenvalue weighted by molar-refractivity contribution is 7.89. The Morgan fingerprint density at radius 1 is 0.923 bits per heavy atom. The highest BCUT2D eigenvalue weighted by atomic mass is 32.2. The molecule has 2 rings (SSSR count). The molecule has 0 N–H and O–H groups in total. The van der Waals surface area contributed by atoms with Gasteiger partial charge in [0.25, 0.3) is 10.2 Å². The summed E-state index contributed by atoms with van der Waals surface area (Å²) in [6.07, 6.45) is 1.01. The Labute approximate surface area is 156 Å². The van der Waals surface area contributed by atoms with E-state index in [0.717, 1.165) is 0 Å². The van der Waals surface area contributed by atoms with Crippen molar-refractivity contribution in [3.63, 3.8) is 0 Å². The van der Waals surface area contributed by atoms with Gasteiger partial charge in [-0.05, 0) is 26.7 Å². The predicted molar refractivity (Wildman–Crippen MR) is 96.9 cm³/mol. The summed E-state index contributed by atoms with van der Waals surface area (Å²) in [5.74, 6) is -0.0000761. The molecule has 2 aliphatic heterocycles. The standard InChI is InChI=1S/C15H28N4O5S2/c1-14-12-19(13-15(2)24-14)26(22,23)18-9-7-17(8-10-18)25(20,21)11-5-3-4-6-16/h14-15H,3-5,7-13H2,1-2H3. The molecule has 2 fully saturated rings. The van der Waals surface area contributed by atoms with Gasteiger partial charge in [-0.15, -0.1) is 0 Å². The highest BCUT2D eigenvalue weighted by Gasteiger charge is 2.38. The van der Waals surface area contributed by atoms with Gasteiger partial charge in [-0.25, -0.2) is 8.42 Å². The zero-order valence-corrected chi connectivity index (χ0v) is 17.0. The quantitative estimate of drug-likeness (QED) is 0.548. The van der Waals surface area contributed by atoms with Crippen molar-refractivity contribution in [1.82, 2.24) is 12.9 Å². The van der Waals surface area contributed by atoms with Crippen molar-refractivity contribution in [2.75, 3.05) is 45.0 Å². The molecule has 2 atom stereocenters. The van der Waals surface area contributed by atoms with Crippen LogP contribution < -0.4 is 0 Å². The Balaban J connectivity index is 1.92. The number of sulfonamides is 1. The zero-order chi connectivity index (χ0) is 19.4. The predicted octanol–water partition coefficient (Wildman–Crippen LogP) is -0.0183. The third-order valence-electron chi connectivity index (χ3n) is 4.57. The molecular formula is C15H28N4O5S2. The van der Waals surface area contributed by atoms with Crippen molar-refractivity contribution < 1.29 is 21.6 Å². The maximum absolute atomic E-state index is 12.8. The fraction of sp³-hybridized carbons (Fsp3) is 0.933. The Kier molecular flexibility index (Phi) is 7.41. The maximum Gasteiger partial charge on any atom is 0.282 e. The Morgan fingerprint density at radius 2 is 1.46 bits per heavy atom. The van der Waals surface area contributed by atoms with Gasteiger partial charge >= 0.3 is 0 Å². The van der Waals surface area contributed by atoms with Gasteiger partial charge in [-0.1, -0.05) is 0 Å². The molecule has 0 aromatic rings. The van der Waals surface area contributed by atoms with E-state index in [1.807, 2.05) is 19.9 Å². The van der Waals surface area contributed by atoms with E-state index in [0.29, 0.717) is 32.4 Å². The Bertz CT molecular complexity index is 701. The van der Waals surface area contributed by atoms with E-state index in [1.165, 1.54) is 12.9 Å². The number of unbranched alkanes of at least 4 members (excludes halogenated alkanes) is 2. The molecule has 0 amide bonds. The lowest BCUT2D eigenvalue weighted by Crippen LogP contribution is -2.57. The van der Waals surface area contributed by atoms with Gasteiger partial charge in [-0.2, -0.15) is 26.6 Å². The summed E-state index contributed by atoms with van der Waals surface area (Å²) in [6.45, 7) is 4.93. The van der Waals surface area contributed by atoms with Crippen LogP contribution in [0, 0.1) is 11.3 Å². The smallest absolute Gasteiger partial charge is 0.282 e. The first-order valence-corrected chi connectivity index (χ1v) is 11.9. The molecule has 0 radical (unpaired) electrons. The summed E-state index contributed by atoms with van der Waals surface area (Å²) in [5.41, 5.74) is 0. The van der Waals surface area contributed by atoms with Crippen LogP contribution in [0.5, 0.6) is 0 Å². The molecule has 9 nitrogen and oxygen atoms in total. The van der Waals surface area contributed by atoms with Crippen LogP contribution in [0.3, 0.4) is 0 Å². The second-order valence-electron chi connectivity index (χ2n) is 6.81. The van der Waals surface area contributed by atoms with Crippen molar-refractivity contribution in [3.8, 4) is 6.07 Å². The third-order valence-corrected chi connectivity index (χ3v) is 8.50. The monoisotopic (exact) mass is 408 g/mol. The van der Waals surface area contributed by atoms with Gasteiger partial charge < -0.3 is 4.74 Å². The summed E-state index contributed by atoms with van der Waals surface area (Å²) in [6, 6.07) is 2.00. The summed E-state index contributed by atoms with van der Waals surface area (Å²) in [7, 11) is -7.02. The molecule has 0 bridgehead atoms. The van der Waals surface area contributed by atoms with Crippen LogP contribution in [-0.4, -0.2) is 87.0 Å². The second-order valence-corrected chi connectivity index (χ2v) is 10.8. The molecule has 11 heteroatoms. The first kappa shape index (κ1) is 21.5. The molecule has 0 aliphatic carbocycles. The fourth-order valence-corrected chi connectivity index (χ4v) is 6.57. The van der Waals surface area contributed by atoms with Crippen molar-refractivity contribution in [2.45, 2.75) is 45.3 Å². The number of morpholine rings is 1. The van der Waals surface area contributed by atoms with Crippen LogP contribution in [0.15, 0.2) is 0 Å². The van der Waals surface area contributed by atoms with Crippen molar-refractivity contribution in [1.29, 1.82) is 5.26 Å². The number of ether oxygens (including phenoxy) is 1. The van der Waals surface area contributed by atoms with Crippen LogP contribution in [0.1, 0.15) is 33.1 Å². The second kappa shape index (κ2) is 8.95. The summed E-state index contributed by atoms with van der Waals surface area (Å²) >= 11 is 0. The van der Waals surface area contributed by atoms with Crippen LogP contribution in [0.2, 0.25) is 0 Å². The van der Waals surface area contributed by atoms with Crippen molar-refractivity contribution in [2.24, 2.45) is 0 Å². The number of hydrogen-bond donors (Lipinski definition) is 0. The minimum Gasteiger partial charge on any atom is -0.373 e. The molecule has 2 saturated heterocycles. The minimum absolute atomic E-state index is 0.0000761. The third kappa shape index (κ3) is 5.37. The van der Waals surface area contributed by atoms with E-state index in [9.17, 15) is 16.8 Å². The average molecular weight is 409 g/mol. The van der Waals surface area contributed by atoms with E-state index in [4.69, 9.17) is 10.00 Å². The van der Waals surface area contributed by atoms with Gasteiger partial charge in [0.15, 0.2) is 0 Å². The molecule has 26 heavy (non-hydrogen) atoms. The summed E-state index contributed by atoms with van der Waals surface area (Å²) < 4.78 is 60.1. The SMILES string of the molecule is CC1CN(S(=O)(=O)N2CCN(S(=O)(=O)CCCCC#N)CC2)CC(C)O1. The van der Waals surface area contributed by atoms with Gasteiger partial charge in [0.2, 0.25) is 10.0 Å². The maximum atomic E-state index is 12.8. The number of nitriles is 1. The first-order valence-electron chi connectivity index (χ1n) is 8.92. The molecule has 2 aliphatic rings. The van der Waals surface area contributed by atoms with E-state index >= 15 is 0 Å². The number of nitrogens with zero attached hydrogens (tertiary/aromatic N) is 4. The van der Waals surface area contributed by atoms with Gasteiger partial charge in [-0.3, -0.25) is 0 Å². The molecule has 0 saturated carbocycles. The fourth-order valence-electron chi connectivity index (χ4n) is 3.28. The van der Waals surface area contributed by atoms with Crippen LogP contribution in [-0.2, 0) is 25.0 Å². The Morgan fingerprint density at radius 3 is 2.00 bits per heavy atom. The van der Waals surface area contributed by atoms with E-state index in [1.54, 1.807) is 0 Å².